The summed E-state index contributed by atoms with van der Waals surface area (Å²) in [4.78, 5) is 14.6. The highest BCUT2D eigenvalue weighted by molar-refractivity contribution is 5.73. The third kappa shape index (κ3) is 5.72. The fraction of sp³-hybridized carbons (Fsp3) is 0.435. The number of urea groups is 1. The quantitative estimate of drug-likeness (QED) is 0.659. The molecule has 1 aliphatic heterocycles. The molecule has 3 rings (SSSR count). The van der Waals surface area contributed by atoms with Crippen LogP contribution in [0.4, 0.5) is 10.5 Å². The maximum atomic E-state index is 12.2. The molecule has 0 saturated carbocycles. The van der Waals surface area contributed by atoms with E-state index in [1.165, 1.54) is 0 Å². The zero-order valence-electron chi connectivity index (χ0n) is 17.9. The Morgan fingerprint density at radius 2 is 1.97 bits per heavy atom. The van der Waals surface area contributed by atoms with E-state index in [0.717, 1.165) is 36.5 Å². The number of ether oxygens (including phenoxy) is 3. The molecule has 1 atom stereocenters. The molecule has 1 unspecified atom stereocenters. The number of amides is 2. The van der Waals surface area contributed by atoms with Gasteiger partial charge in [0.15, 0.2) is 11.5 Å². The van der Waals surface area contributed by atoms with Crippen molar-refractivity contribution in [1.82, 2.24) is 10.6 Å². The summed E-state index contributed by atoms with van der Waals surface area (Å²) < 4.78 is 16.2. The maximum Gasteiger partial charge on any atom is 0.315 e. The van der Waals surface area contributed by atoms with E-state index in [4.69, 9.17) is 14.2 Å². The summed E-state index contributed by atoms with van der Waals surface area (Å²) >= 11 is 0. The zero-order chi connectivity index (χ0) is 21.3. The fourth-order valence-electron chi connectivity index (χ4n) is 3.62. The number of nitrogens with zero attached hydrogens (tertiary/aromatic N) is 1. The van der Waals surface area contributed by atoms with Crippen LogP contribution in [0.5, 0.6) is 17.2 Å². The summed E-state index contributed by atoms with van der Waals surface area (Å²) in [6.45, 7) is 5.48. The molecule has 2 aromatic carbocycles. The molecule has 2 aromatic rings. The van der Waals surface area contributed by atoms with Gasteiger partial charge in [0, 0.05) is 37.9 Å². The van der Waals surface area contributed by atoms with Crippen molar-refractivity contribution >= 4 is 11.7 Å². The molecule has 0 radical (unpaired) electrons. The van der Waals surface area contributed by atoms with E-state index in [1.54, 1.807) is 14.2 Å². The lowest BCUT2D eigenvalue weighted by Gasteiger charge is -2.19. The third-order valence-corrected chi connectivity index (χ3v) is 5.24. The Morgan fingerprint density at radius 3 is 2.73 bits per heavy atom. The molecule has 7 heteroatoms. The highest BCUT2D eigenvalue weighted by Gasteiger charge is 2.23. The largest absolute Gasteiger partial charge is 0.497 e. The summed E-state index contributed by atoms with van der Waals surface area (Å²) in [5.41, 5.74) is 2.11. The van der Waals surface area contributed by atoms with Crippen LogP contribution in [0.1, 0.15) is 18.9 Å². The van der Waals surface area contributed by atoms with E-state index in [-0.39, 0.29) is 6.03 Å². The van der Waals surface area contributed by atoms with E-state index in [2.05, 4.69) is 21.6 Å². The lowest BCUT2D eigenvalue weighted by Crippen LogP contribution is -2.38. The number of carbonyl (C=O) groups excluding carboxylic acids is 1. The summed E-state index contributed by atoms with van der Waals surface area (Å²) in [5.74, 6) is 2.65. The van der Waals surface area contributed by atoms with E-state index in [1.807, 2.05) is 43.3 Å². The van der Waals surface area contributed by atoms with Gasteiger partial charge in [-0.1, -0.05) is 12.1 Å². The summed E-state index contributed by atoms with van der Waals surface area (Å²) in [6, 6.07) is 13.6. The second-order valence-electron chi connectivity index (χ2n) is 7.28. The zero-order valence-corrected chi connectivity index (χ0v) is 17.9. The molecular formula is C23H31N3O4. The summed E-state index contributed by atoms with van der Waals surface area (Å²) in [7, 11) is 3.29. The Hall–Kier alpha value is -3.09. The van der Waals surface area contributed by atoms with Gasteiger partial charge >= 0.3 is 6.03 Å². The van der Waals surface area contributed by atoms with Crippen LogP contribution in [-0.2, 0) is 6.54 Å². The first kappa shape index (κ1) is 21.6. The minimum Gasteiger partial charge on any atom is -0.497 e. The minimum absolute atomic E-state index is 0.164. The number of carbonyl (C=O) groups is 1. The van der Waals surface area contributed by atoms with Gasteiger partial charge in [-0.25, -0.2) is 4.79 Å². The van der Waals surface area contributed by atoms with Gasteiger partial charge in [0.1, 0.15) is 5.75 Å². The molecule has 30 heavy (non-hydrogen) atoms. The lowest BCUT2D eigenvalue weighted by atomic mass is 10.1. The maximum absolute atomic E-state index is 12.2. The van der Waals surface area contributed by atoms with E-state index < -0.39 is 0 Å². The van der Waals surface area contributed by atoms with Crippen LogP contribution in [0.25, 0.3) is 0 Å². The number of nitrogens with one attached hydrogen (secondary N) is 2. The molecule has 0 spiro atoms. The van der Waals surface area contributed by atoms with Crippen molar-refractivity contribution in [3.8, 4) is 17.2 Å². The van der Waals surface area contributed by atoms with Crippen LogP contribution in [0.2, 0.25) is 0 Å². The van der Waals surface area contributed by atoms with E-state index >= 15 is 0 Å². The molecule has 0 aliphatic carbocycles. The predicted octanol–water partition coefficient (Wildman–Crippen LogP) is 3.43. The van der Waals surface area contributed by atoms with Crippen LogP contribution in [-0.4, -0.2) is 46.5 Å². The molecule has 0 bridgehead atoms. The monoisotopic (exact) mass is 413 g/mol. The Labute approximate surface area is 178 Å². The van der Waals surface area contributed by atoms with E-state index in [0.29, 0.717) is 37.1 Å². The van der Waals surface area contributed by atoms with Crippen LogP contribution >= 0.6 is 0 Å². The van der Waals surface area contributed by atoms with Crippen molar-refractivity contribution in [3.63, 3.8) is 0 Å². The Morgan fingerprint density at radius 1 is 1.10 bits per heavy atom. The van der Waals surface area contributed by atoms with Crippen LogP contribution in [0.15, 0.2) is 42.5 Å². The molecule has 2 amide bonds. The predicted molar refractivity (Wildman–Crippen MR) is 118 cm³/mol. The topological polar surface area (TPSA) is 72.1 Å². The Kier molecular flexibility index (Phi) is 7.65. The molecule has 1 fully saturated rings. The number of methoxy groups -OCH3 is 2. The molecule has 1 aliphatic rings. The Balaban J connectivity index is 1.43. The lowest BCUT2D eigenvalue weighted by molar-refractivity contribution is 0.239. The number of anilines is 1. The van der Waals surface area contributed by atoms with Crippen molar-refractivity contribution in [2.45, 2.75) is 19.9 Å². The highest BCUT2D eigenvalue weighted by Crippen LogP contribution is 2.28. The number of rotatable bonds is 9. The summed E-state index contributed by atoms with van der Waals surface area (Å²) in [5, 5.41) is 5.90. The second-order valence-corrected chi connectivity index (χ2v) is 7.28. The van der Waals surface area contributed by atoms with Crippen LogP contribution in [0.3, 0.4) is 0 Å². The summed E-state index contributed by atoms with van der Waals surface area (Å²) in [6.07, 6.45) is 1.05. The van der Waals surface area contributed by atoms with Gasteiger partial charge < -0.3 is 29.7 Å². The van der Waals surface area contributed by atoms with Crippen LogP contribution in [0, 0.1) is 5.92 Å². The Bertz CT molecular complexity index is 843. The third-order valence-electron chi connectivity index (χ3n) is 5.24. The van der Waals surface area contributed by atoms with Crippen LogP contribution < -0.4 is 29.7 Å². The standard InChI is InChI=1S/C23H31N3O4/c1-4-30-21-9-8-17(12-22(21)29-3)14-24-23(27)25-15-18-10-11-26(16-18)19-6-5-7-20(13-19)28-2/h5-9,12-13,18H,4,10-11,14-16H2,1-3H3,(H2,24,25,27). The first-order chi connectivity index (χ1) is 14.6. The molecule has 162 valence electrons. The highest BCUT2D eigenvalue weighted by atomic mass is 16.5. The van der Waals surface area contributed by atoms with E-state index in [9.17, 15) is 4.79 Å². The van der Waals surface area contributed by atoms with Crippen molar-refractivity contribution in [3.05, 3.63) is 48.0 Å². The smallest absolute Gasteiger partial charge is 0.315 e. The first-order valence-corrected chi connectivity index (χ1v) is 10.3. The van der Waals surface area contributed by atoms with Gasteiger partial charge in [0.25, 0.3) is 0 Å². The SMILES string of the molecule is CCOc1ccc(CNC(=O)NCC2CCN(c3cccc(OC)c3)C2)cc1OC. The molecule has 2 N–H and O–H groups in total. The second kappa shape index (κ2) is 10.6. The molecule has 0 aromatic heterocycles. The van der Waals surface area contributed by atoms with Gasteiger partial charge in [-0.3, -0.25) is 0 Å². The number of hydrogen-bond acceptors (Lipinski definition) is 5. The van der Waals surface area contributed by atoms with Gasteiger partial charge in [0.05, 0.1) is 20.8 Å². The average Bonchev–Trinajstić information content (AvgIpc) is 3.26. The molecule has 7 nitrogen and oxygen atoms in total. The average molecular weight is 414 g/mol. The normalized spacial score (nSPS) is 15.6. The number of benzene rings is 2. The number of hydrogen-bond donors (Lipinski definition) is 2. The van der Waals surface area contributed by atoms with Gasteiger partial charge in [-0.2, -0.15) is 0 Å². The van der Waals surface area contributed by atoms with Crippen molar-refractivity contribution in [1.29, 1.82) is 0 Å². The molecule has 1 saturated heterocycles. The first-order valence-electron chi connectivity index (χ1n) is 10.3. The van der Waals surface area contributed by atoms with Crippen molar-refractivity contribution in [2.75, 3.05) is 45.4 Å². The van der Waals surface area contributed by atoms with Gasteiger partial charge in [-0.15, -0.1) is 0 Å². The minimum atomic E-state index is -0.164. The van der Waals surface area contributed by atoms with Gasteiger partial charge in [0.2, 0.25) is 0 Å². The van der Waals surface area contributed by atoms with Crippen molar-refractivity contribution < 1.29 is 19.0 Å². The molecular weight excluding hydrogens is 382 g/mol. The fourth-order valence-corrected chi connectivity index (χ4v) is 3.62. The van der Waals surface area contributed by atoms with Crippen molar-refractivity contribution in [2.24, 2.45) is 5.92 Å². The molecule has 1 heterocycles. The van der Waals surface area contributed by atoms with Gasteiger partial charge in [-0.05, 0) is 49.1 Å².